The summed E-state index contributed by atoms with van der Waals surface area (Å²) >= 11 is 0. The van der Waals surface area contributed by atoms with Crippen LogP contribution in [0.1, 0.15) is 17.3 Å². The Kier molecular flexibility index (Phi) is 2.00. The summed E-state index contributed by atoms with van der Waals surface area (Å²) in [5.74, 6) is 0.807. The van der Waals surface area contributed by atoms with Crippen molar-refractivity contribution in [3.63, 3.8) is 0 Å². The SMILES string of the molecule is O=CC(F)c1ccc2c(c1)CCO2. The minimum absolute atomic E-state index is 0.303. The van der Waals surface area contributed by atoms with Crippen molar-refractivity contribution in [2.75, 3.05) is 6.61 Å². The largest absolute Gasteiger partial charge is 0.493 e. The fourth-order valence-electron chi connectivity index (χ4n) is 1.46. The Hall–Kier alpha value is -1.38. The van der Waals surface area contributed by atoms with Crippen LogP contribution < -0.4 is 4.74 Å². The van der Waals surface area contributed by atoms with Gasteiger partial charge in [-0.15, -0.1) is 0 Å². The third-order valence-electron chi connectivity index (χ3n) is 2.15. The van der Waals surface area contributed by atoms with Gasteiger partial charge in [-0.1, -0.05) is 6.07 Å². The number of alkyl halides is 1. The van der Waals surface area contributed by atoms with Gasteiger partial charge in [-0.05, 0) is 23.3 Å². The van der Waals surface area contributed by atoms with Crippen LogP contribution in [0.25, 0.3) is 0 Å². The summed E-state index contributed by atoms with van der Waals surface area (Å²) in [5.41, 5.74) is 1.40. The molecule has 0 aliphatic carbocycles. The second-order valence-corrected chi connectivity index (χ2v) is 3.00. The molecule has 0 spiro atoms. The van der Waals surface area contributed by atoms with E-state index in [1.54, 1.807) is 18.2 Å². The zero-order valence-electron chi connectivity index (χ0n) is 7.00. The molecule has 0 fully saturated rings. The molecule has 1 atom stereocenters. The van der Waals surface area contributed by atoms with E-state index in [2.05, 4.69) is 0 Å². The molecule has 1 aromatic rings. The fourth-order valence-corrected chi connectivity index (χ4v) is 1.46. The molecule has 2 rings (SSSR count). The first-order valence-corrected chi connectivity index (χ1v) is 4.16. The van der Waals surface area contributed by atoms with Crippen molar-refractivity contribution in [1.82, 2.24) is 0 Å². The minimum atomic E-state index is -1.51. The third-order valence-corrected chi connectivity index (χ3v) is 2.15. The maximum atomic E-state index is 12.9. The monoisotopic (exact) mass is 180 g/mol. The van der Waals surface area contributed by atoms with Crippen molar-refractivity contribution in [2.24, 2.45) is 0 Å². The van der Waals surface area contributed by atoms with Gasteiger partial charge in [0.05, 0.1) is 6.61 Å². The number of aldehydes is 1. The van der Waals surface area contributed by atoms with E-state index in [-0.39, 0.29) is 0 Å². The van der Waals surface area contributed by atoms with Gasteiger partial charge < -0.3 is 4.74 Å². The predicted molar refractivity (Wildman–Crippen MR) is 45.6 cm³/mol. The molecule has 1 heterocycles. The van der Waals surface area contributed by atoms with Crippen molar-refractivity contribution < 1.29 is 13.9 Å². The van der Waals surface area contributed by atoms with Crippen LogP contribution >= 0.6 is 0 Å². The number of benzene rings is 1. The van der Waals surface area contributed by atoms with Gasteiger partial charge in [0.25, 0.3) is 0 Å². The number of fused-ring (bicyclic) bond motifs is 1. The van der Waals surface area contributed by atoms with Gasteiger partial charge in [0.2, 0.25) is 0 Å². The predicted octanol–water partition coefficient (Wildman–Crippen LogP) is 1.83. The van der Waals surface area contributed by atoms with Gasteiger partial charge >= 0.3 is 0 Å². The van der Waals surface area contributed by atoms with Crippen molar-refractivity contribution in [1.29, 1.82) is 0 Å². The van der Waals surface area contributed by atoms with Gasteiger partial charge in [-0.2, -0.15) is 0 Å². The molecule has 0 bridgehead atoms. The summed E-state index contributed by atoms with van der Waals surface area (Å²) < 4.78 is 18.2. The van der Waals surface area contributed by atoms with Crippen LogP contribution in [0.3, 0.4) is 0 Å². The third kappa shape index (κ3) is 1.41. The molecular weight excluding hydrogens is 171 g/mol. The maximum absolute atomic E-state index is 12.9. The van der Waals surface area contributed by atoms with Gasteiger partial charge in [0, 0.05) is 6.42 Å². The summed E-state index contributed by atoms with van der Waals surface area (Å²) in [6.45, 7) is 0.650. The number of carbonyl (C=O) groups excluding carboxylic acids is 1. The van der Waals surface area contributed by atoms with E-state index in [9.17, 15) is 9.18 Å². The zero-order valence-corrected chi connectivity index (χ0v) is 7.00. The molecule has 0 aromatic heterocycles. The van der Waals surface area contributed by atoms with Gasteiger partial charge in [0.1, 0.15) is 5.75 Å². The van der Waals surface area contributed by atoms with Crippen molar-refractivity contribution >= 4 is 6.29 Å². The maximum Gasteiger partial charge on any atom is 0.180 e. The van der Waals surface area contributed by atoms with Gasteiger partial charge in [0.15, 0.2) is 12.5 Å². The number of hydrogen-bond acceptors (Lipinski definition) is 2. The smallest absolute Gasteiger partial charge is 0.180 e. The second kappa shape index (κ2) is 3.17. The van der Waals surface area contributed by atoms with E-state index in [1.165, 1.54) is 0 Å². The first kappa shape index (κ1) is 8.23. The summed E-state index contributed by atoms with van der Waals surface area (Å²) in [7, 11) is 0. The van der Waals surface area contributed by atoms with Crippen molar-refractivity contribution in [3.8, 4) is 5.75 Å². The van der Waals surface area contributed by atoms with E-state index in [4.69, 9.17) is 4.74 Å². The molecule has 1 aromatic carbocycles. The van der Waals surface area contributed by atoms with Crippen LogP contribution in [0.4, 0.5) is 4.39 Å². The highest BCUT2D eigenvalue weighted by molar-refractivity contribution is 5.60. The molecule has 0 N–H and O–H groups in total. The molecule has 1 aliphatic heterocycles. The van der Waals surface area contributed by atoms with E-state index < -0.39 is 6.17 Å². The van der Waals surface area contributed by atoms with Gasteiger partial charge in [-0.25, -0.2) is 4.39 Å². The van der Waals surface area contributed by atoms with E-state index >= 15 is 0 Å². The van der Waals surface area contributed by atoms with Crippen LogP contribution in [0.15, 0.2) is 18.2 Å². The van der Waals surface area contributed by atoms with Crippen LogP contribution in [-0.2, 0) is 11.2 Å². The first-order valence-electron chi connectivity index (χ1n) is 4.16. The lowest BCUT2D eigenvalue weighted by Gasteiger charge is -2.03. The molecule has 0 saturated carbocycles. The molecule has 13 heavy (non-hydrogen) atoms. The average Bonchev–Trinajstić information content (AvgIpc) is 2.63. The summed E-state index contributed by atoms with van der Waals surface area (Å²) in [6.07, 6.45) is -0.405. The summed E-state index contributed by atoms with van der Waals surface area (Å²) in [4.78, 5) is 10.2. The van der Waals surface area contributed by atoms with Crippen molar-refractivity contribution in [3.05, 3.63) is 29.3 Å². The fraction of sp³-hybridized carbons (Fsp3) is 0.300. The molecule has 0 saturated heterocycles. The Bertz CT molecular complexity index is 336. The lowest BCUT2D eigenvalue weighted by molar-refractivity contribution is -0.112. The van der Waals surface area contributed by atoms with Crippen LogP contribution in [0.5, 0.6) is 5.75 Å². The highest BCUT2D eigenvalue weighted by Crippen LogP contribution is 2.28. The van der Waals surface area contributed by atoms with E-state index in [1.807, 2.05) is 0 Å². The average molecular weight is 180 g/mol. The van der Waals surface area contributed by atoms with Gasteiger partial charge in [-0.3, -0.25) is 4.79 Å². The Morgan fingerprint density at radius 2 is 2.38 bits per heavy atom. The Morgan fingerprint density at radius 1 is 1.54 bits per heavy atom. The Labute approximate surface area is 75.3 Å². The van der Waals surface area contributed by atoms with Crippen LogP contribution in [0.2, 0.25) is 0 Å². The van der Waals surface area contributed by atoms with E-state index in [0.717, 1.165) is 17.7 Å². The number of halogens is 1. The molecule has 0 radical (unpaired) electrons. The standard InChI is InChI=1S/C10H9FO2/c11-9(6-12)7-1-2-10-8(5-7)3-4-13-10/h1-2,5-6,9H,3-4H2. The summed E-state index contributed by atoms with van der Waals surface area (Å²) in [6, 6.07) is 5.00. The molecule has 0 amide bonds. The number of ether oxygens (including phenoxy) is 1. The van der Waals surface area contributed by atoms with E-state index in [0.29, 0.717) is 18.5 Å². The lowest BCUT2D eigenvalue weighted by atomic mass is 10.1. The second-order valence-electron chi connectivity index (χ2n) is 3.00. The van der Waals surface area contributed by atoms with Crippen LogP contribution in [0, 0.1) is 0 Å². The number of hydrogen-bond donors (Lipinski definition) is 0. The number of rotatable bonds is 2. The topological polar surface area (TPSA) is 26.3 Å². The molecular formula is C10H9FO2. The normalized spacial score (nSPS) is 16.1. The minimum Gasteiger partial charge on any atom is -0.493 e. The molecule has 2 nitrogen and oxygen atoms in total. The number of carbonyl (C=O) groups is 1. The highest BCUT2D eigenvalue weighted by Gasteiger charge is 2.15. The molecule has 68 valence electrons. The first-order chi connectivity index (χ1) is 6.31. The van der Waals surface area contributed by atoms with Crippen molar-refractivity contribution in [2.45, 2.75) is 12.6 Å². The molecule has 3 heteroatoms. The zero-order chi connectivity index (χ0) is 9.26. The lowest BCUT2D eigenvalue weighted by Crippen LogP contribution is -1.92. The summed E-state index contributed by atoms with van der Waals surface area (Å²) in [5, 5.41) is 0. The molecule has 1 unspecified atom stereocenters. The quantitative estimate of drug-likeness (QED) is 0.649. The van der Waals surface area contributed by atoms with Crippen LogP contribution in [-0.4, -0.2) is 12.9 Å². The molecule has 1 aliphatic rings. The highest BCUT2D eigenvalue weighted by atomic mass is 19.1. The Balaban J connectivity index is 2.35. The Morgan fingerprint density at radius 3 is 3.15 bits per heavy atom.